The molecule has 25 heavy (non-hydrogen) atoms. The van der Waals surface area contributed by atoms with Crippen LogP contribution in [-0.4, -0.2) is 23.7 Å². The number of nitrogens with zero attached hydrogens (tertiary/aromatic N) is 1. The molecule has 2 aromatic rings. The summed E-state index contributed by atoms with van der Waals surface area (Å²) in [6, 6.07) is 6.18. The van der Waals surface area contributed by atoms with Crippen LogP contribution in [0.5, 0.6) is 11.5 Å². The normalized spacial score (nSPS) is 13.2. The molecule has 1 amide bonds. The molecule has 0 saturated carbocycles. The van der Waals surface area contributed by atoms with Gasteiger partial charge in [0.15, 0.2) is 11.5 Å². The molecule has 0 saturated heterocycles. The molecule has 0 radical (unpaired) electrons. The minimum absolute atomic E-state index is 0.0986. The van der Waals surface area contributed by atoms with Crippen LogP contribution < -0.4 is 20.3 Å². The van der Waals surface area contributed by atoms with Crippen LogP contribution in [0.2, 0.25) is 5.02 Å². The van der Waals surface area contributed by atoms with Crippen LogP contribution in [0.25, 0.3) is 0 Å². The molecule has 1 aliphatic heterocycles. The van der Waals surface area contributed by atoms with Crippen LogP contribution in [0, 0.1) is 0 Å². The predicted octanol–water partition coefficient (Wildman–Crippen LogP) is 3.33. The van der Waals surface area contributed by atoms with Gasteiger partial charge >= 0.3 is 0 Å². The molecule has 0 spiro atoms. The van der Waals surface area contributed by atoms with E-state index in [4.69, 9.17) is 21.1 Å². The van der Waals surface area contributed by atoms with E-state index in [1.165, 1.54) is 6.07 Å². The predicted molar refractivity (Wildman–Crippen MR) is 96.0 cm³/mol. The maximum Gasteiger partial charge on any atom is 0.255 e. The fourth-order valence-corrected chi connectivity index (χ4v) is 2.85. The Morgan fingerprint density at radius 2 is 2.08 bits per heavy atom. The van der Waals surface area contributed by atoms with E-state index in [0.29, 0.717) is 47.5 Å². The third-order valence-electron chi connectivity index (χ3n) is 3.77. The zero-order chi connectivity index (χ0) is 17.8. The molecule has 0 bridgehead atoms. The van der Waals surface area contributed by atoms with Crippen molar-refractivity contribution >= 4 is 23.2 Å². The second kappa shape index (κ2) is 7.61. The minimum Gasteiger partial charge on any atom is -0.489 e. The maximum atomic E-state index is 12.5. The van der Waals surface area contributed by atoms with Crippen molar-refractivity contribution in [2.45, 2.75) is 26.3 Å². The molecule has 0 atom stereocenters. The van der Waals surface area contributed by atoms with Gasteiger partial charge in [0, 0.05) is 30.8 Å². The molecule has 1 aromatic heterocycles. The highest BCUT2D eigenvalue weighted by molar-refractivity contribution is 6.32. The molecule has 1 N–H and O–H groups in total. The lowest BCUT2D eigenvalue weighted by molar-refractivity contribution is 0.102. The number of nitrogens with one attached hydrogen (secondary N) is 1. The van der Waals surface area contributed by atoms with Crippen molar-refractivity contribution in [2.75, 3.05) is 18.5 Å². The van der Waals surface area contributed by atoms with Crippen molar-refractivity contribution in [1.29, 1.82) is 0 Å². The van der Waals surface area contributed by atoms with Gasteiger partial charge in [0.05, 0.1) is 23.9 Å². The first-order valence-electron chi connectivity index (χ1n) is 8.19. The second-order valence-electron chi connectivity index (χ2n) is 5.74. The highest BCUT2D eigenvalue weighted by Crippen LogP contribution is 2.38. The molecular weight excluding hydrogens is 344 g/mol. The number of fused-ring (bicyclic) bond motifs is 1. The number of halogens is 1. The van der Waals surface area contributed by atoms with Gasteiger partial charge < -0.3 is 19.4 Å². The largest absolute Gasteiger partial charge is 0.489 e. The van der Waals surface area contributed by atoms with Crippen LogP contribution >= 0.6 is 11.6 Å². The van der Waals surface area contributed by atoms with Crippen LogP contribution in [0.3, 0.4) is 0 Å². The number of amides is 1. The number of aromatic nitrogens is 1. The van der Waals surface area contributed by atoms with E-state index in [2.05, 4.69) is 5.32 Å². The summed E-state index contributed by atoms with van der Waals surface area (Å²) in [6.07, 6.45) is 3.22. The quantitative estimate of drug-likeness (QED) is 0.905. The van der Waals surface area contributed by atoms with Crippen molar-refractivity contribution in [3.63, 3.8) is 0 Å². The maximum absolute atomic E-state index is 12.5. The Balaban J connectivity index is 1.84. The third kappa shape index (κ3) is 3.96. The first-order valence-corrected chi connectivity index (χ1v) is 8.57. The molecule has 0 fully saturated rings. The summed E-state index contributed by atoms with van der Waals surface area (Å²) in [7, 11) is 0. The van der Waals surface area contributed by atoms with Gasteiger partial charge in [-0.15, -0.1) is 0 Å². The lowest BCUT2D eigenvalue weighted by atomic mass is 10.2. The molecule has 1 aliphatic rings. The van der Waals surface area contributed by atoms with Crippen LogP contribution in [-0.2, 0) is 6.54 Å². The average Bonchev–Trinajstić information content (AvgIpc) is 2.84. The molecule has 3 rings (SSSR count). The van der Waals surface area contributed by atoms with E-state index >= 15 is 0 Å². The third-order valence-corrected chi connectivity index (χ3v) is 4.05. The van der Waals surface area contributed by atoms with E-state index in [-0.39, 0.29) is 11.5 Å². The van der Waals surface area contributed by atoms with Gasteiger partial charge in [-0.25, -0.2) is 0 Å². The number of benzene rings is 1. The Morgan fingerprint density at radius 3 is 2.88 bits per heavy atom. The molecule has 132 valence electrons. The van der Waals surface area contributed by atoms with Gasteiger partial charge in [-0.05, 0) is 24.6 Å². The number of hydrogen-bond donors (Lipinski definition) is 1. The Hall–Kier alpha value is -2.47. The Kier molecular flexibility index (Phi) is 5.28. The van der Waals surface area contributed by atoms with Gasteiger partial charge in [0.25, 0.3) is 11.5 Å². The zero-order valence-corrected chi connectivity index (χ0v) is 14.6. The smallest absolute Gasteiger partial charge is 0.255 e. The summed E-state index contributed by atoms with van der Waals surface area (Å²) in [5, 5.41) is 3.11. The molecule has 7 heteroatoms. The summed E-state index contributed by atoms with van der Waals surface area (Å²) in [5.74, 6) is 0.595. The number of hydrogen-bond acceptors (Lipinski definition) is 4. The standard InChI is InChI=1S/C18H19ClN2O4/c1-2-6-21-11-13(4-5-16(21)22)20-18(23)12-9-14(19)17-15(10-12)24-7-3-8-25-17/h4-5,9-11H,2-3,6-8H2,1H3,(H,20,23). The Bertz CT molecular complexity index is 847. The molecule has 0 unspecified atom stereocenters. The highest BCUT2D eigenvalue weighted by atomic mass is 35.5. The zero-order valence-electron chi connectivity index (χ0n) is 13.9. The van der Waals surface area contributed by atoms with Crippen LogP contribution in [0.1, 0.15) is 30.1 Å². The van der Waals surface area contributed by atoms with Gasteiger partial charge in [-0.2, -0.15) is 0 Å². The highest BCUT2D eigenvalue weighted by Gasteiger charge is 2.18. The van der Waals surface area contributed by atoms with Crippen molar-refractivity contribution in [3.8, 4) is 11.5 Å². The van der Waals surface area contributed by atoms with Crippen LogP contribution in [0.15, 0.2) is 35.3 Å². The van der Waals surface area contributed by atoms with E-state index in [0.717, 1.165) is 12.8 Å². The molecule has 2 heterocycles. The number of ether oxygens (including phenoxy) is 2. The molecule has 0 aliphatic carbocycles. The van der Waals surface area contributed by atoms with E-state index < -0.39 is 0 Å². The van der Waals surface area contributed by atoms with Gasteiger partial charge in [-0.3, -0.25) is 9.59 Å². The summed E-state index contributed by atoms with van der Waals surface area (Å²) in [5.41, 5.74) is 0.808. The van der Waals surface area contributed by atoms with Crippen molar-refractivity contribution in [2.24, 2.45) is 0 Å². The monoisotopic (exact) mass is 362 g/mol. The number of aryl methyl sites for hydroxylation is 1. The van der Waals surface area contributed by atoms with E-state index in [1.807, 2.05) is 6.92 Å². The van der Waals surface area contributed by atoms with E-state index in [1.54, 1.807) is 29.0 Å². The number of carbonyl (C=O) groups is 1. The van der Waals surface area contributed by atoms with Gasteiger partial charge in [-0.1, -0.05) is 18.5 Å². The van der Waals surface area contributed by atoms with Gasteiger partial charge in [0.1, 0.15) is 0 Å². The Morgan fingerprint density at radius 1 is 1.28 bits per heavy atom. The molecular formula is C18H19ClN2O4. The van der Waals surface area contributed by atoms with Crippen molar-refractivity contribution in [1.82, 2.24) is 4.57 Å². The fraction of sp³-hybridized carbons (Fsp3) is 0.333. The summed E-state index contributed by atoms with van der Waals surface area (Å²) >= 11 is 6.22. The summed E-state index contributed by atoms with van der Waals surface area (Å²) < 4.78 is 12.7. The summed E-state index contributed by atoms with van der Waals surface area (Å²) in [4.78, 5) is 24.3. The fourth-order valence-electron chi connectivity index (χ4n) is 2.59. The first-order chi connectivity index (χ1) is 12.1. The number of carbonyl (C=O) groups excluding carboxylic acids is 1. The van der Waals surface area contributed by atoms with E-state index in [9.17, 15) is 9.59 Å². The SMILES string of the molecule is CCCn1cc(NC(=O)c2cc(Cl)c3c(c2)OCCCO3)ccc1=O. The molecule has 1 aromatic carbocycles. The average molecular weight is 363 g/mol. The van der Waals surface area contributed by atoms with Gasteiger partial charge in [0.2, 0.25) is 0 Å². The lowest BCUT2D eigenvalue weighted by Crippen LogP contribution is -2.20. The lowest BCUT2D eigenvalue weighted by Gasteiger charge is -2.12. The number of rotatable bonds is 4. The van der Waals surface area contributed by atoms with Crippen molar-refractivity contribution in [3.05, 3.63) is 51.4 Å². The minimum atomic E-state index is -0.334. The number of pyridine rings is 1. The Labute approximate surface area is 150 Å². The van der Waals surface area contributed by atoms with Crippen molar-refractivity contribution < 1.29 is 14.3 Å². The molecule has 6 nitrogen and oxygen atoms in total. The summed E-state index contributed by atoms with van der Waals surface area (Å²) in [6.45, 7) is 3.61. The topological polar surface area (TPSA) is 69.6 Å². The first kappa shape index (κ1) is 17.4. The second-order valence-corrected chi connectivity index (χ2v) is 6.15. The number of anilines is 1. The van der Waals surface area contributed by atoms with Crippen LogP contribution in [0.4, 0.5) is 5.69 Å².